The predicted molar refractivity (Wildman–Crippen MR) is 129 cm³/mol. The van der Waals surface area contributed by atoms with E-state index in [4.69, 9.17) is 36.0 Å². The van der Waals surface area contributed by atoms with Crippen LogP contribution in [-0.2, 0) is 5.41 Å². The largest absolute Gasteiger partial charge is 0.394 e. The zero-order chi connectivity index (χ0) is 22.1. The van der Waals surface area contributed by atoms with Crippen LogP contribution < -0.4 is 11.3 Å². The number of benzene rings is 1. The summed E-state index contributed by atoms with van der Waals surface area (Å²) in [5, 5.41) is 7.43. The first-order chi connectivity index (χ1) is 14.7. The van der Waals surface area contributed by atoms with E-state index in [9.17, 15) is 9.18 Å². The molecule has 1 aliphatic carbocycles. The van der Waals surface area contributed by atoms with Crippen molar-refractivity contribution in [3.8, 4) is 11.1 Å². The Morgan fingerprint density at radius 3 is 2.61 bits per heavy atom. The Hall–Kier alpha value is -2.52. The molecule has 0 aliphatic heterocycles. The Bertz CT molecular complexity index is 1400. The summed E-state index contributed by atoms with van der Waals surface area (Å²) in [6.45, 7) is 4.12. The van der Waals surface area contributed by atoms with Crippen molar-refractivity contribution in [2.45, 2.75) is 42.6 Å². The van der Waals surface area contributed by atoms with Crippen LogP contribution >= 0.6 is 25.3 Å². The summed E-state index contributed by atoms with van der Waals surface area (Å²) in [6.07, 6.45) is 5.29. The summed E-state index contributed by atoms with van der Waals surface area (Å²) in [4.78, 5) is 20.5. The van der Waals surface area contributed by atoms with Crippen LogP contribution in [0.15, 0.2) is 29.3 Å². The Balaban J connectivity index is 1.85. The van der Waals surface area contributed by atoms with E-state index >= 15 is 0 Å². The SMILES string of the molecule is Cc1c(C2(C)C(S)CCC2S)cnc2c(-c3ccc(F)c4[nH]ncc34)c(N)c(=O)[nH]c12. The standard InChI is InChI=1S/C22H22FN5OS2/c1-9-12(22(2)14(30)5-6-15(22)31)8-25-20-16(17(24)21(29)27-18(9)20)10-3-4-13(23)19-11(10)7-26-28-19/h3-4,7-8,14-15,30-31H,5-6,24H2,1-2H3,(H,26,28)(H,27,29). The summed E-state index contributed by atoms with van der Waals surface area (Å²) >= 11 is 9.66. The number of H-pyrrole nitrogens is 2. The molecule has 160 valence electrons. The van der Waals surface area contributed by atoms with E-state index in [2.05, 4.69) is 22.1 Å². The van der Waals surface area contributed by atoms with Crippen molar-refractivity contribution in [2.75, 3.05) is 5.73 Å². The molecule has 6 nitrogen and oxygen atoms in total. The first-order valence-electron chi connectivity index (χ1n) is 10.0. The number of nitrogen functional groups attached to an aromatic ring is 1. The minimum atomic E-state index is -0.427. The first kappa shape index (κ1) is 20.4. The van der Waals surface area contributed by atoms with Crippen LogP contribution in [0.4, 0.5) is 10.1 Å². The van der Waals surface area contributed by atoms with Gasteiger partial charge in [-0.25, -0.2) is 4.39 Å². The van der Waals surface area contributed by atoms with Crippen molar-refractivity contribution in [2.24, 2.45) is 0 Å². The van der Waals surface area contributed by atoms with Gasteiger partial charge in [-0.05, 0) is 42.5 Å². The number of nitrogens with one attached hydrogen (secondary N) is 2. The van der Waals surface area contributed by atoms with E-state index in [1.807, 2.05) is 13.1 Å². The van der Waals surface area contributed by atoms with Crippen molar-refractivity contribution in [1.29, 1.82) is 0 Å². The molecule has 0 spiro atoms. The van der Waals surface area contributed by atoms with Crippen molar-refractivity contribution >= 4 is 52.9 Å². The van der Waals surface area contributed by atoms with Gasteiger partial charge in [0.1, 0.15) is 17.0 Å². The fourth-order valence-corrected chi connectivity index (χ4v) is 5.95. The van der Waals surface area contributed by atoms with Crippen LogP contribution in [-0.4, -0.2) is 30.7 Å². The molecule has 2 unspecified atom stereocenters. The van der Waals surface area contributed by atoms with Gasteiger partial charge < -0.3 is 10.7 Å². The van der Waals surface area contributed by atoms with Crippen molar-refractivity contribution < 1.29 is 4.39 Å². The van der Waals surface area contributed by atoms with Gasteiger partial charge in [-0.1, -0.05) is 13.0 Å². The molecule has 4 N–H and O–H groups in total. The molecular formula is C22H22FN5OS2. The third kappa shape index (κ3) is 2.75. The minimum Gasteiger partial charge on any atom is -0.394 e. The normalized spacial score (nSPS) is 23.8. The molecule has 3 heterocycles. The molecule has 31 heavy (non-hydrogen) atoms. The van der Waals surface area contributed by atoms with E-state index in [-0.39, 0.29) is 27.1 Å². The molecule has 4 aromatic rings. The Labute approximate surface area is 188 Å². The summed E-state index contributed by atoms with van der Waals surface area (Å²) in [5.74, 6) is -0.427. The van der Waals surface area contributed by atoms with Crippen molar-refractivity contribution in [3.63, 3.8) is 0 Å². The van der Waals surface area contributed by atoms with Gasteiger partial charge in [-0.15, -0.1) is 0 Å². The van der Waals surface area contributed by atoms with Crippen LogP contribution in [0.25, 0.3) is 33.1 Å². The van der Waals surface area contributed by atoms with Crippen LogP contribution in [0.1, 0.15) is 30.9 Å². The molecular weight excluding hydrogens is 433 g/mol. The fourth-order valence-electron chi connectivity index (χ4n) is 4.90. The average molecular weight is 456 g/mol. The van der Waals surface area contributed by atoms with Gasteiger partial charge in [0, 0.05) is 33.1 Å². The van der Waals surface area contributed by atoms with Gasteiger partial charge >= 0.3 is 0 Å². The van der Waals surface area contributed by atoms with Gasteiger partial charge in [0.25, 0.3) is 5.56 Å². The van der Waals surface area contributed by atoms with Crippen molar-refractivity contribution in [3.05, 3.63) is 51.8 Å². The van der Waals surface area contributed by atoms with Gasteiger partial charge in [0.05, 0.1) is 17.2 Å². The van der Waals surface area contributed by atoms with Crippen molar-refractivity contribution in [1.82, 2.24) is 20.2 Å². The lowest BCUT2D eigenvalue weighted by atomic mass is 9.78. The maximum absolute atomic E-state index is 14.2. The highest BCUT2D eigenvalue weighted by atomic mass is 32.1. The number of thiol groups is 2. The monoisotopic (exact) mass is 455 g/mol. The highest BCUT2D eigenvalue weighted by Crippen LogP contribution is 2.48. The van der Waals surface area contributed by atoms with Gasteiger partial charge in [-0.2, -0.15) is 30.4 Å². The quantitative estimate of drug-likeness (QED) is 0.293. The molecule has 1 fully saturated rings. The third-order valence-corrected chi connectivity index (χ3v) is 8.43. The zero-order valence-corrected chi connectivity index (χ0v) is 18.8. The maximum atomic E-state index is 14.2. The molecule has 0 bridgehead atoms. The van der Waals surface area contributed by atoms with Crippen LogP contribution in [0.2, 0.25) is 0 Å². The van der Waals surface area contributed by atoms with Crippen LogP contribution in [0.5, 0.6) is 0 Å². The second-order valence-electron chi connectivity index (χ2n) is 8.41. The molecule has 0 radical (unpaired) electrons. The molecule has 1 saturated carbocycles. The highest BCUT2D eigenvalue weighted by molar-refractivity contribution is 7.82. The molecule has 5 rings (SSSR count). The number of rotatable bonds is 2. The molecule has 0 amide bonds. The van der Waals surface area contributed by atoms with E-state index in [1.165, 1.54) is 12.3 Å². The molecule has 0 saturated heterocycles. The lowest BCUT2D eigenvalue weighted by Crippen LogP contribution is -2.36. The number of aromatic amines is 2. The Morgan fingerprint density at radius 2 is 1.90 bits per heavy atom. The van der Waals surface area contributed by atoms with E-state index in [1.54, 1.807) is 6.07 Å². The van der Waals surface area contributed by atoms with Gasteiger partial charge in [0.2, 0.25) is 0 Å². The number of aryl methyl sites for hydroxylation is 1. The number of hydrogen-bond donors (Lipinski definition) is 5. The van der Waals surface area contributed by atoms with Gasteiger partial charge in [-0.3, -0.25) is 14.9 Å². The molecule has 1 aliphatic rings. The second kappa shape index (κ2) is 7.00. The maximum Gasteiger partial charge on any atom is 0.272 e. The average Bonchev–Trinajstić information content (AvgIpc) is 3.33. The number of fused-ring (bicyclic) bond motifs is 2. The molecule has 9 heteroatoms. The smallest absolute Gasteiger partial charge is 0.272 e. The third-order valence-electron chi connectivity index (χ3n) is 6.84. The lowest BCUT2D eigenvalue weighted by molar-refractivity contribution is 0.514. The number of nitrogens with two attached hydrogens (primary N) is 1. The topological polar surface area (TPSA) is 100 Å². The fraction of sp³-hybridized carbons (Fsp3) is 0.318. The number of halogens is 1. The van der Waals surface area contributed by atoms with E-state index in [0.29, 0.717) is 27.5 Å². The lowest BCUT2D eigenvalue weighted by Gasteiger charge is -2.34. The highest BCUT2D eigenvalue weighted by Gasteiger charge is 2.46. The summed E-state index contributed by atoms with van der Waals surface area (Å²) < 4.78 is 14.2. The zero-order valence-electron chi connectivity index (χ0n) is 17.0. The molecule has 2 atom stereocenters. The number of hydrogen-bond acceptors (Lipinski definition) is 6. The van der Waals surface area contributed by atoms with Gasteiger partial charge in [0.15, 0.2) is 0 Å². The van der Waals surface area contributed by atoms with E-state index in [0.717, 1.165) is 24.0 Å². The van der Waals surface area contributed by atoms with Crippen LogP contribution in [0.3, 0.4) is 0 Å². The second-order valence-corrected chi connectivity index (χ2v) is 9.66. The predicted octanol–water partition coefficient (Wildman–Crippen LogP) is 4.14. The Morgan fingerprint density at radius 1 is 1.19 bits per heavy atom. The number of pyridine rings is 2. The van der Waals surface area contributed by atoms with E-state index < -0.39 is 11.4 Å². The summed E-state index contributed by atoms with van der Waals surface area (Å²) in [7, 11) is 0. The number of nitrogens with zero attached hydrogens (tertiary/aromatic N) is 2. The molecule has 3 aromatic heterocycles. The summed E-state index contributed by atoms with van der Waals surface area (Å²) in [6, 6.07) is 2.94. The minimum absolute atomic E-state index is 0.0347. The number of anilines is 1. The number of aromatic nitrogens is 4. The first-order valence-corrected chi connectivity index (χ1v) is 11.1. The molecule has 1 aromatic carbocycles. The Kier molecular flexibility index (Phi) is 4.60. The van der Waals surface area contributed by atoms with Crippen LogP contribution in [0, 0.1) is 12.7 Å². The summed E-state index contributed by atoms with van der Waals surface area (Å²) in [5.41, 5.74) is 9.99.